The number of hydrogen-bond acceptors (Lipinski definition) is 4. The van der Waals surface area contributed by atoms with Gasteiger partial charge in [-0.2, -0.15) is 0 Å². The van der Waals surface area contributed by atoms with Crippen molar-refractivity contribution >= 4 is 17.7 Å². The van der Waals surface area contributed by atoms with E-state index >= 15 is 0 Å². The highest BCUT2D eigenvalue weighted by Gasteiger charge is 2.31. The number of carbonyl (C=O) groups excluding carboxylic acids is 1. The van der Waals surface area contributed by atoms with Crippen molar-refractivity contribution in [3.05, 3.63) is 29.8 Å². The summed E-state index contributed by atoms with van der Waals surface area (Å²) in [5.74, 6) is 1.37. The Morgan fingerprint density at radius 1 is 1.33 bits per heavy atom. The van der Waals surface area contributed by atoms with E-state index in [1.165, 1.54) is 17.6 Å². The van der Waals surface area contributed by atoms with Crippen LogP contribution in [0.2, 0.25) is 0 Å². The minimum absolute atomic E-state index is 0.198. The molecule has 0 aromatic heterocycles. The molecular formula is C17H27NO2S. The van der Waals surface area contributed by atoms with Gasteiger partial charge in [-0.25, -0.2) is 0 Å². The Balaban J connectivity index is 2.41. The second kappa shape index (κ2) is 8.44. The van der Waals surface area contributed by atoms with Gasteiger partial charge in [-0.05, 0) is 56.2 Å². The zero-order valence-electron chi connectivity index (χ0n) is 13.7. The first-order chi connectivity index (χ1) is 9.92. The number of esters is 1. The second-order valence-corrected chi connectivity index (χ2v) is 6.92. The first kappa shape index (κ1) is 18.1. The van der Waals surface area contributed by atoms with Gasteiger partial charge in [0.05, 0.1) is 7.11 Å². The van der Waals surface area contributed by atoms with Crippen molar-refractivity contribution in [2.24, 2.45) is 0 Å². The van der Waals surface area contributed by atoms with Gasteiger partial charge in [-0.3, -0.25) is 4.79 Å². The molecule has 0 fully saturated rings. The Bertz CT molecular complexity index is 445. The monoisotopic (exact) mass is 309 g/mol. The molecule has 1 aromatic rings. The van der Waals surface area contributed by atoms with E-state index in [9.17, 15) is 4.79 Å². The van der Waals surface area contributed by atoms with Gasteiger partial charge in [-0.1, -0.05) is 26.0 Å². The van der Waals surface area contributed by atoms with Crippen LogP contribution in [0.25, 0.3) is 0 Å². The molecule has 118 valence electrons. The van der Waals surface area contributed by atoms with Crippen molar-refractivity contribution < 1.29 is 9.53 Å². The van der Waals surface area contributed by atoms with Crippen molar-refractivity contribution in [1.82, 2.24) is 5.32 Å². The lowest BCUT2D eigenvalue weighted by Crippen LogP contribution is -2.48. The Morgan fingerprint density at radius 3 is 2.43 bits per heavy atom. The number of ether oxygens (including phenoxy) is 1. The summed E-state index contributed by atoms with van der Waals surface area (Å²) in [7, 11) is 3.23. The Labute approximate surface area is 132 Å². The molecule has 1 rings (SSSR count). The van der Waals surface area contributed by atoms with Crippen LogP contribution >= 0.6 is 11.8 Å². The Hall–Kier alpha value is -1.00. The molecule has 0 amide bonds. The fraction of sp³-hybridized carbons (Fsp3) is 0.588. The molecule has 4 heteroatoms. The topological polar surface area (TPSA) is 38.3 Å². The standard InChI is InChI=1S/C17H27NO2S/c1-13(2)14-7-9-15(10-8-14)21-12-6-11-17(3,18-4)16(19)20-5/h7-10,13,18H,6,11-12H2,1-5H3. The summed E-state index contributed by atoms with van der Waals surface area (Å²) in [5.41, 5.74) is 0.782. The van der Waals surface area contributed by atoms with Crippen LogP contribution in [0, 0.1) is 0 Å². The van der Waals surface area contributed by atoms with Crippen molar-refractivity contribution in [2.45, 2.75) is 50.0 Å². The quantitative estimate of drug-likeness (QED) is 0.450. The maximum absolute atomic E-state index is 11.7. The third kappa shape index (κ3) is 5.36. The number of thioether (sulfide) groups is 1. The molecule has 0 heterocycles. The molecule has 1 N–H and O–H groups in total. The summed E-state index contributed by atoms with van der Waals surface area (Å²) in [5, 5.41) is 3.06. The summed E-state index contributed by atoms with van der Waals surface area (Å²) in [6, 6.07) is 8.74. The van der Waals surface area contributed by atoms with Crippen LogP contribution in [0.4, 0.5) is 0 Å². The molecule has 1 atom stereocenters. The number of hydrogen-bond donors (Lipinski definition) is 1. The summed E-state index contributed by atoms with van der Waals surface area (Å²) in [6.45, 7) is 6.29. The van der Waals surface area contributed by atoms with Crippen molar-refractivity contribution in [2.75, 3.05) is 19.9 Å². The van der Waals surface area contributed by atoms with Gasteiger partial charge in [0.2, 0.25) is 0 Å². The zero-order valence-corrected chi connectivity index (χ0v) is 14.5. The highest BCUT2D eigenvalue weighted by atomic mass is 32.2. The third-order valence-electron chi connectivity index (χ3n) is 3.82. The van der Waals surface area contributed by atoms with Gasteiger partial charge >= 0.3 is 5.97 Å². The van der Waals surface area contributed by atoms with Gasteiger partial charge in [0.25, 0.3) is 0 Å². The smallest absolute Gasteiger partial charge is 0.325 e. The lowest BCUT2D eigenvalue weighted by molar-refractivity contribution is -0.148. The fourth-order valence-electron chi connectivity index (χ4n) is 2.12. The number of likely N-dealkylation sites (N-methyl/N-ethyl adjacent to an activating group) is 1. The van der Waals surface area contributed by atoms with Gasteiger partial charge in [-0.15, -0.1) is 11.8 Å². The predicted octanol–water partition coefficient (Wildman–Crippen LogP) is 3.83. The van der Waals surface area contributed by atoms with E-state index in [0.29, 0.717) is 5.92 Å². The normalized spacial score (nSPS) is 14.0. The zero-order chi connectivity index (χ0) is 15.9. The lowest BCUT2D eigenvalue weighted by atomic mass is 9.97. The fourth-order valence-corrected chi connectivity index (χ4v) is 2.97. The van der Waals surface area contributed by atoms with Crippen molar-refractivity contribution in [3.8, 4) is 0 Å². The van der Waals surface area contributed by atoms with Crippen LogP contribution < -0.4 is 5.32 Å². The van der Waals surface area contributed by atoms with E-state index < -0.39 is 5.54 Å². The molecule has 0 radical (unpaired) electrons. The number of rotatable bonds is 8. The molecule has 0 aliphatic rings. The van der Waals surface area contributed by atoms with Gasteiger partial charge < -0.3 is 10.1 Å². The predicted molar refractivity (Wildman–Crippen MR) is 90.0 cm³/mol. The Kier molecular flexibility index (Phi) is 7.26. The van der Waals surface area contributed by atoms with Crippen LogP contribution in [0.3, 0.4) is 0 Å². The van der Waals surface area contributed by atoms with E-state index in [1.807, 2.05) is 18.7 Å². The molecular weight excluding hydrogens is 282 g/mol. The molecule has 0 saturated carbocycles. The summed E-state index contributed by atoms with van der Waals surface area (Å²) in [4.78, 5) is 13.0. The maximum atomic E-state index is 11.7. The van der Waals surface area contributed by atoms with Crippen LogP contribution in [-0.2, 0) is 9.53 Å². The summed E-state index contributed by atoms with van der Waals surface area (Å²) in [6.07, 6.45) is 1.73. The van der Waals surface area contributed by atoms with Crippen LogP contribution in [-0.4, -0.2) is 31.4 Å². The van der Waals surface area contributed by atoms with Crippen LogP contribution in [0.1, 0.15) is 45.1 Å². The van der Waals surface area contributed by atoms with Crippen molar-refractivity contribution in [1.29, 1.82) is 0 Å². The van der Waals surface area contributed by atoms with E-state index in [1.54, 1.807) is 7.05 Å². The average Bonchev–Trinajstić information content (AvgIpc) is 2.50. The molecule has 0 bridgehead atoms. The average molecular weight is 309 g/mol. The molecule has 0 spiro atoms. The van der Waals surface area contributed by atoms with Crippen LogP contribution in [0.15, 0.2) is 29.2 Å². The highest BCUT2D eigenvalue weighted by Crippen LogP contribution is 2.24. The number of methoxy groups -OCH3 is 1. The molecule has 3 nitrogen and oxygen atoms in total. The number of nitrogens with one attached hydrogen (secondary N) is 1. The number of benzene rings is 1. The van der Waals surface area contributed by atoms with E-state index in [-0.39, 0.29) is 5.97 Å². The summed E-state index contributed by atoms with van der Waals surface area (Å²) < 4.78 is 4.85. The van der Waals surface area contributed by atoms with E-state index in [4.69, 9.17) is 4.74 Å². The largest absolute Gasteiger partial charge is 0.468 e. The highest BCUT2D eigenvalue weighted by molar-refractivity contribution is 7.99. The van der Waals surface area contributed by atoms with Gasteiger partial charge in [0.1, 0.15) is 5.54 Å². The van der Waals surface area contributed by atoms with Gasteiger partial charge in [0, 0.05) is 4.90 Å². The minimum Gasteiger partial charge on any atom is -0.468 e. The molecule has 0 aliphatic carbocycles. The molecule has 1 aromatic carbocycles. The van der Waals surface area contributed by atoms with Crippen molar-refractivity contribution in [3.63, 3.8) is 0 Å². The molecule has 21 heavy (non-hydrogen) atoms. The Morgan fingerprint density at radius 2 is 1.95 bits per heavy atom. The minimum atomic E-state index is -0.586. The molecule has 0 saturated heterocycles. The van der Waals surface area contributed by atoms with Crippen LogP contribution in [0.5, 0.6) is 0 Å². The summed E-state index contributed by atoms with van der Waals surface area (Å²) >= 11 is 1.83. The first-order valence-corrected chi connectivity index (χ1v) is 8.41. The van der Waals surface area contributed by atoms with E-state index in [2.05, 4.69) is 43.4 Å². The SMILES string of the molecule is CNC(C)(CCCSc1ccc(C(C)C)cc1)C(=O)OC. The molecule has 0 aliphatic heterocycles. The number of carbonyl (C=O) groups is 1. The maximum Gasteiger partial charge on any atom is 0.325 e. The first-order valence-electron chi connectivity index (χ1n) is 7.43. The lowest BCUT2D eigenvalue weighted by Gasteiger charge is -2.25. The van der Waals surface area contributed by atoms with E-state index in [0.717, 1.165) is 18.6 Å². The molecule has 1 unspecified atom stereocenters. The second-order valence-electron chi connectivity index (χ2n) is 5.75. The third-order valence-corrected chi connectivity index (χ3v) is 4.92. The van der Waals surface area contributed by atoms with Gasteiger partial charge in [0.15, 0.2) is 0 Å².